The summed E-state index contributed by atoms with van der Waals surface area (Å²) in [7, 11) is 0. The highest BCUT2D eigenvalue weighted by Gasteiger charge is 2.49. The second-order valence-electron chi connectivity index (χ2n) is 7.04. The number of pyridine rings is 1. The molecule has 3 amide bonds. The first-order valence-corrected chi connectivity index (χ1v) is 9.16. The van der Waals surface area contributed by atoms with E-state index in [9.17, 15) is 14.0 Å². The Morgan fingerprint density at radius 1 is 1.14 bits per heavy atom. The average Bonchev–Trinajstić information content (AvgIpc) is 2.93. The van der Waals surface area contributed by atoms with E-state index in [2.05, 4.69) is 15.2 Å². The third-order valence-electron chi connectivity index (χ3n) is 5.14. The average molecular weight is 384 g/mol. The van der Waals surface area contributed by atoms with Gasteiger partial charge in [0.2, 0.25) is 0 Å². The van der Waals surface area contributed by atoms with Crippen LogP contribution in [0, 0.1) is 5.82 Å². The van der Waals surface area contributed by atoms with E-state index in [-0.39, 0.29) is 12.5 Å². The van der Waals surface area contributed by atoms with E-state index < -0.39 is 17.4 Å². The molecule has 0 saturated carbocycles. The molecule has 1 N–H and O–H groups in total. The largest absolute Gasteiger partial charge is 0.378 e. The van der Waals surface area contributed by atoms with Crippen LogP contribution in [0.1, 0.15) is 18.2 Å². The maximum Gasteiger partial charge on any atom is 0.325 e. The molecule has 2 aliphatic heterocycles. The molecule has 2 saturated heterocycles. The number of halogens is 1. The second kappa shape index (κ2) is 7.20. The smallest absolute Gasteiger partial charge is 0.325 e. The van der Waals surface area contributed by atoms with E-state index in [0.717, 1.165) is 23.8 Å². The van der Waals surface area contributed by atoms with E-state index in [4.69, 9.17) is 4.74 Å². The Hall–Kier alpha value is -3.00. The first-order chi connectivity index (χ1) is 13.5. The molecule has 3 heterocycles. The Kier molecular flexibility index (Phi) is 4.72. The van der Waals surface area contributed by atoms with Crippen molar-refractivity contribution in [3.8, 4) is 0 Å². The first kappa shape index (κ1) is 18.4. The normalized spacial score (nSPS) is 22.5. The molecular formula is C20H21FN4O3. The molecule has 2 aromatic rings. The molecule has 146 valence electrons. The van der Waals surface area contributed by atoms with Crippen molar-refractivity contribution in [1.29, 1.82) is 0 Å². The zero-order valence-electron chi connectivity index (χ0n) is 15.5. The lowest BCUT2D eigenvalue weighted by atomic mass is 9.92. The summed E-state index contributed by atoms with van der Waals surface area (Å²) in [5.41, 5.74) is -0.0762. The van der Waals surface area contributed by atoms with Gasteiger partial charge in [-0.25, -0.2) is 14.2 Å². The Morgan fingerprint density at radius 2 is 1.86 bits per heavy atom. The van der Waals surface area contributed by atoms with Gasteiger partial charge in [0, 0.05) is 13.1 Å². The molecule has 0 bridgehead atoms. The minimum atomic E-state index is -1.23. The van der Waals surface area contributed by atoms with Gasteiger partial charge in [0.25, 0.3) is 5.91 Å². The molecule has 0 aliphatic carbocycles. The molecule has 1 unspecified atom stereocenters. The Balaban J connectivity index is 1.54. The molecule has 1 aromatic heterocycles. The summed E-state index contributed by atoms with van der Waals surface area (Å²) in [6.45, 7) is 4.49. The van der Waals surface area contributed by atoms with E-state index in [0.29, 0.717) is 24.5 Å². The summed E-state index contributed by atoms with van der Waals surface area (Å²) in [5.74, 6) is 0.0157. The van der Waals surface area contributed by atoms with Crippen molar-refractivity contribution in [1.82, 2.24) is 15.2 Å². The standard InChI is InChI=1S/C20H21FN4O3/c1-20(14-5-7-15(21)8-6-14)18(26)25(19(27)23-20)13-16-3-2-4-17(22-16)24-9-11-28-12-10-24/h2-8H,9-13H2,1H3,(H,23,27). The number of ether oxygens (including phenoxy) is 1. The lowest BCUT2D eigenvalue weighted by Gasteiger charge is -2.28. The number of morpholine rings is 1. The number of carbonyl (C=O) groups excluding carboxylic acids is 2. The number of nitrogens with one attached hydrogen (secondary N) is 1. The lowest BCUT2D eigenvalue weighted by molar-refractivity contribution is -0.131. The Bertz CT molecular complexity index is 899. The molecule has 2 fully saturated rings. The van der Waals surface area contributed by atoms with Crippen molar-refractivity contribution in [3.63, 3.8) is 0 Å². The van der Waals surface area contributed by atoms with Gasteiger partial charge >= 0.3 is 6.03 Å². The minimum Gasteiger partial charge on any atom is -0.378 e. The van der Waals surface area contributed by atoms with Gasteiger partial charge in [0.05, 0.1) is 25.5 Å². The second-order valence-corrected chi connectivity index (χ2v) is 7.04. The highest BCUT2D eigenvalue weighted by atomic mass is 19.1. The fourth-order valence-corrected chi connectivity index (χ4v) is 3.50. The Labute approximate surface area is 162 Å². The highest BCUT2D eigenvalue weighted by molar-refractivity contribution is 6.07. The quantitative estimate of drug-likeness (QED) is 0.817. The molecule has 0 spiro atoms. The monoisotopic (exact) mass is 384 g/mol. The predicted molar refractivity (Wildman–Crippen MR) is 100 cm³/mol. The van der Waals surface area contributed by atoms with E-state index in [1.807, 2.05) is 12.1 Å². The summed E-state index contributed by atoms with van der Waals surface area (Å²) in [5, 5.41) is 2.72. The molecule has 28 heavy (non-hydrogen) atoms. The van der Waals surface area contributed by atoms with Crippen molar-refractivity contribution >= 4 is 17.8 Å². The van der Waals surface area contributed by atoms with E-state index >= 15 is 0 Å². The molecular weight excluding hydrogens is 363 g/mol. The number of amides is 3. The van der Waals surface area contributed by atoms with Crippen molar-refractivity contribution in [2.45, 2.75) is 19.0 Å². The van der Waals surface area contributed by atoms with Crippen LogP contribution in [-0.2, 0) is 21.6 Å². The molecule has 7 nitrogen and oxygen atoms in total. The minimum absolute atomic E-state index is 0.0691. The zero-order chi connectivity index (χ0) is 19.7. The number of hydrogen-bond donors (Lipinski definition) is 1. The van der Waals surface area contributed by atoms with Crippen LogP contribution in [0.2, 0.25) is 0 Å². The lowest BCUT2D eigenvalue weighted by Crippen LogP contribution is -2.40. The van der Waals surface area contributed by atoms with Gasteiger partial charge < -0.3 is 15.0 Å². The highest BCUT2D eigenvalue weighted by Crippen LogP contribution is 2.30. The van der Waals surface area contributed by atoms with Crippen LogP contribution in [-0.4, -0.2) is 48.1 Å². The number of rotatable bonds is 4. The third-order valence-corrected chi connectivity index (χ3v) is 5.14. The van der Waals surface area contributed by atoms with Crippen LogP contribution < -0.4 is 10.2 Å². The van der Waals surface area contributed by atoms with Crippen molar-refractivity contribution in [3.05, 3.63) is 59.5 Å². The molecule has 4 rings (SSSR count). The summed E-state index contributed by atoms with van der Waals surface area (Å²) in [6.07, 6.45) is 0. The van der Waals surface area contributed by atoms with E-state index in [1.54, 1.807) is 13.0 Å². The number of imide groups is 1. The first-order valence-electron chi connectivity index (χ1n) is 9.16. The van der Waals surface area contributed by atoms with Gasteiger partial charge in [-0.3, -0.25) is 9.69 Å². The van der Waals surface area contributed by atoms with Crippen LogP contribution in [0.4, 0.5) is 15.0 Å². The third kappa shape index (κ3) is 3.31. The SMILES string of the molecule is CC1(c2ccc(F)cc2)NC(=O)N(Cc2cccc(N3CCOCC3)n2)C1=O. The van der Waals surface area contributed by atoms with Crippen molar-refractivity contribution in [2.75, 3.05) is 31.2 Å². The van der Waals surface area contributed by atoms with Gasteiger partial charge in [-0.05, 0) is 36.8 Å². The fourth-order valence-electron chi connectivity index (χ4n) is 3.50. The number of benzene rings is 1. The zero-order valence-corrected chi connectivity index (χ0v) is 15.5. The van der Waals surface area contributed by atoms with E-state index in [1.165, 1.54) is 24.3 Å². The van der Waals surface area contributed by atoms with Crippen LogP contribution in [0.5, 0.6) is 0 Å². The van der Waals surface area contributed by atoms with Crippen LogP contribution in [0.25, 0.3) is 0 Å². The number of carbonyl (C=O) groups is 2. The van der Waals surface area contributed by atoms with Crippen LogP contribution in [0.3, 0.4) is 0 Å². The number of aromatic nitrogens is 1. The fraction of sp³-hybridized carbons (Fsp3) is 0.350. The summed E-state index contributed by atoms with van der Waals surface area (Å²) < 4.78 is 18.6. The number of nitrogens with zero attached hydrogens (tertiary/aromatic N) is 3. The summed E-state index contributed by atoms with van der Waals surface area (Å²) >= 11 is 0. The van der Waals surface area contributed by atoms with Crippen molar-refractivity contribution in [2.24, 2.45) is 0 Å². The summed E-state index contributed by atoms with van der Waals surface area (Å²) in [4.78, 5) is 33.4. The Morgan fingerprint density at radius 3 is 2.57 bits per heavy atom. The van der Waals surface area contributed by atoms with Crippen LogP contribution >= 0.6 is 0 Å². The van der Waals surface area contributed by atoms with Gasteiger partial charge in [0.15, 0.2) is 0 Å². The topological polar surface area (TPSA) is 74.8 Å². The molecule has 2 aliphatic rings. The maximum absolute atomic E-state index is 13.2. The maximum atomic E-state index is 13.2. The van der Waals surface area contributed by atoms with Gasteiger partial charge in [0.1, 0.15) is 17.2 Å². The van der Waals surface area contributed by atoms with Gasteiger partial charge in [-0.1, -0.05) is 18.2 Å². The van der Waals surface area contributed by atoms with Crippen LogP contribution in [0.15, 0.2) is 42.5 Å². The number of urea groups is 1. The predicted octanol–water partition coefficient (Wildman–Crippen LogP) is 2.02. The van der Waals surface area contributed by atoms with Gasteiger partial charge in [-0.15, -0.1) is 0 Å². The molecule has 1 atom stereocenters. The molecule has 0 radical (unpaired) electrons. The molecule has 1 aromatic carbocycles. The van der Waals surface area contributed by atoms with Gasteiger partial charge in [-0.2, -0.15) is 0 Å². The summed E-state index contributed by atoms with van der Waals surface area (Å²) in [6, 6.07) is 10.6. The van der Waals surface area contributed by atoms with Crippen molar-refractivity contribution < 1.29 is 18.7 Å². The number of hydrogen-bond acceptors (Lipinski definition) is 5. The molecule has 8 heteroatoms. The number of anilines is 1.